The van der Waals surface area contributed by atoms with E-state index < -0.39 is 6.04 Å². The summed E-state index contributed by atoms with van der Waals surface area (Å²) >= 11 is 6.46. The van der Waals surface area contributed by atoms with Gasteiger partial charge in [-0.15, -0.1) is 0 Å². The molecule has 1 fully saturated rings. The fraction of sp³-hybridized carbons (Fsp3) is 0.423. The minimum Gasteiger partial charge on any atom is -0.497 e. The van der Waals surface area contributed by atoms with Gasteiger partial charge in [-0.25, -0.2) is 5.01 Å². The molecule has 2 aromatic rings. The molecular weight excluding hydrogens is 470 g/mol. The Hall–Kier alpha value is -3.10. The standard InChI is InChI=1S/C26H30ClN3O5/c1-33-13-12-29(26(32)17-8-9-17)16-25(31)30-23(20-14-18(34-2)10-11-24(20)35-3)15-22(28-30)19-6-4-5-7-21(19)27/h4-7,10-11,14,17,23H,8-9,12-13,15-16H2,1-3H3/t23-/m0/s1. The van der Waals surface area contributed by atoms with E-state index in [4.69, 9.17) is 30.9 Å². The van der Waals surface area contributed by atoms with Crippen LogP contribution >= 0.6 is 11.6 Å². The molecule has 0 radical (unpaired) electrons. The Labute approximate surface area is 210 Å². The van der Waals surface area contributed by atoms with Gasteiger partial charge in [0, 0.05) is 42.1 Å². The second kappa shape index (κ2) is 11.1. The van der Waals surface area contributed by atoms with Crippen LogP contribution in [0.1, 0.15) is 36.4 Å². The summed E-state index contributed by atoms with van der Waals surface area (Å²) in [4.78, 5) is 28.1. The summed E-state index contributed by atoms with van der Waals surface area (Å²) in [5, 5.41) is 6.72. The van der Waals surface area contributed by atoms with Crippen molar-refractivity contribution in [3.05, 3.63) is 58.6 Å². The Morgan fingerprint density at radius 1 is 1.11 bits per heavy atom. The molecule has 8 nitrogen and oxygen atoms in total. The number of halogens is 1. The highest BCUT2D eigenvalue weighted by Crippen LogP contribution is 2.40. The van der Waals surface area contributed by atoms with E-state index in [2.05, 4.69) is 0 Å². The van der Waals surface area contributed by atoms with Crippen LogP contribution < -0.4 is 9.47 Å². The van der Waals surface area contributed by atoms with Crippen LogP contribution in [0.2, 0.25) is 5.02 Å². The van der Waals surface area contributed by atoms with Crippen LogP contribution in [0.5, 0.6) is 11.5 Å². The van der Waals surface area contributed by atoms with Crippen molar-refractivity contribution in [1.82, 2.24) is 9.91 Å². The van der Waals surface area contributed by atoms with Crippen molar-refractivity contribution >= 4 is 29.1 Å². The maximum Gasteiger partial charge on any atom is 0.262 e. The summed E-state index contributed by atoms with van der Waals surface area (Å²) in [7, 11) is 4.75. The Morgan fingerprint density at radius 3 is 2.54 bits per heavy atom. The number of methoxy groups -OCH3 is 3. The molecule has 9 heteroatoms. The number of benzene rings is 2. The van der Waals surface area contributed by atoms with E-state index in [9.17, 15) is 9.59 Å². The third kappa shape index (κ3) is 5.60. The Balaban J connectivity index is 1.68. The van der Waals surface area contributed by atoms with Crippen molar-refractivity contribution < 1.29 is 23.8 Å². The molecule has 4 rings (SSSR count). The first-order valence-corrected chi connectivity index (χ1v) is 12.0. The first kappa shape index (κ1) is 25.0. The van der Waals surface area contributed by atoms with Crippen molar-refractivity contribution in [2.24, 2.45) is 11.0 Å². The van der Waals surface area contributed by atoms with Crippen molar-refractivity contribution in [2.75, 3.05) is 41.0 Å². The van der Waals surface area contributed by atoms with E-state index in [-0.39, 0.29) is 24.3 Å². The molecule has 186 valence electrons. The molecule has 0 bridgehead atoms. The zero-order chi connectivity index (χ0) is 24.9. The summed E-state index contributed by atoms with van der Waals surface area (Å²) in [6, 6.07) is 12.4. The first-order chi connectivity index (χ1) is 17.0. The summed E-state index contributed by atoms with van der Waals surface area (Å²) in [6.45, 7) is 0.618. The number of carbonyl (C=O) groups is 2. The average molecular weight is 500 g/mol. The number of carbonyl (C=O) groups excluding carboxylic acids is 2. The molecule has 1 atom stereocenters. The summed E-state index contributed by atoms with van der Waals surface area (Å²) in [5.41, 5.74) is 2.22. The highest BCUT2D eigenvalue weighted by Gasteiger charge is 2.39. The van der Waals surface area contributed by atoms with E-state index in [1.807, 2.05) is 30.3 Å². The molecule has 1 aliphatic carbocycles. The van der Waals surface area contributed by atoms with Gasteiger partial charge in [0.1, 0.15) is 18.0 Å². The number of hydrogen-bond donors (Lipinski definition) is 0. The molecule has 2 aliphatic rings. The van der Waals surface area contributed by atoms with Gasteiger partial charge in [-0.3, -0.25) is 9.59 Å². The van der Waals surface area contributed by atoms with Crippen molar-refractivity contribution in [3.8, 4) is 11.5 Å². The van der Waals surface area contributed by atoms with Gasteiger partial charge in [0.05, 0.1) is 32.6 Å². The van der Waals surface area contributed by atoms with Gasteiger partial charge in [0.25, 0.3) is 5.91 Å². The number of nitrogens with zero attached hydrogens (tertiary/aromatic N) is 3. The van der Waals surface area contributed by atoms with Crippen LogP contribution in [0.4, 0.5) is 0 Å². The molecule has 1 aliphatic heterocycles. The van der Waals surface area contributed by atoms with Gasteiger partial charge >= 0.3 is 0 Å². The fourth-order valence-corrected chi connectivity index (χ4v) is 4.48. The molecule has 0 aromatic heterocycles. The lowest BCUT2D eigenvalue weighted by atomic mass is 9.97. The number of hydrazone groups is 1. The number of hydrogen-bond acceptors (Lipinski definition) is 6. The van der Waals surface area contributed by atoms with E-state index in [0.29, 0.717) is 41.8 Å². The molecule has 2 aromatic carbocycles. The minimum atomic E-state index is -0.445. The molecule has 1 saturated carbocycles. The van der Waals surface area contributed by atoms with Crippen LogP contribution in [0, 0.1) is 5.92 Å². The second-order valence-electron chi connectivity index (χ2n) is 8.62. The van der Waals surface area contributed by atoms with Crippen molar-refractivity contribution in [2.45, 2.75) is 25.3 Å². The lowest BCUT2D eigenvalue weighted by Crippen LogP contribution is -2.43. The normalized spacial score (nSPS) is 17.2. The lowest BCUT2D eigenvalue weighted by Gasteiger charge is -2.27. The third-order valence-electron chi connectivity index (χ3n) is 6.28. The Morgan fingerprint density at radius 2 is 1.89 bits per heavy atom. The van der Waals surface area contributed by atoms with Crippen LogP contribution in [0.25, 0.3) is 0 Å². The fourth-order valence-electron chi connectivity index (χ4n) is 4.23. The van der Waals surface area contributed by atoms with E-state index in [1.165, 1.54) is 5.01 Å². The van der Waals surface area contributed by atoms with Gasteiger partial charge in [-0.2, -0.15) is 5.10 Å². The van der Waals surface area contributed by atoms with Gasteiger partial charge in [-0.1, -0.05) is 29.8 Å². The van der Waals surface area contributed by atoms with E-state index >= 15 is 0 Å². The largest absolute Gasteiger partial charge is 0.497 e. The first-order valence-electron chi connectivity index (χ1n) is 11.6. The highest BCUT2D eigenvalue weighted by atomic mass is 35.5. The molecular formula is C26H30ClN3O5. The van der Waals surface area contributed by atoms with Gasteiger partial charge < -0.3 is 19.1 Å². The second-order valence-corrected chi connectivity index (χ2v) is 9.03. The SMILES string of the molecule is COCCN(CC(=O)N1N=C(c2ccccc2Cl)C[C@H]1c1cc(OC)ccc1OC)C(=O)C1CC1. The summed E-state index contributed by atoms with van der Waals surface area (Å²) in [6.07, 6.45) is 2.16. The monoisotopic (exact) mass is 499 g/mol. The maximum absolute atomic E-state index is 13.6. The smallest absolute Gasteiger partial charge is 0.262 e. The zero-order valence-electron chi connectivity index (χ0n) is 20.2. The van der Waals surface area contributed by atoms with Crippen LogP contribution in [0.15, 0.2) is 47.6 Å². The van der Waals surface area contributed by atoms with Gasteiger partial charge in [0.2, 0.25) is 5.91 Å². The molecule has 0 spiro atoms. The Kier molecular flexibility index (Phi) is 7.93. The van der Waals surface area contributed by atoms with Crippen molar-refractivity contribution in [1.29, 1.82) is 0 Å². The minimum absolute atomic E-state index is 0.00491. The topological polar surface area (TPSA) is 80.7 Å². The predicted molar refractivity (Wildman–Crippen MR) is 133 cm³/mol. The summed E-state index contributed by atoms with van der Waals surface area (Å²) < 4.78 is 16.2. The van der Waals surface area contributed by atoms with Crippen molar-refractivity contribution in [3.63, 3.8) is 0 Å². The quantitative estimate of drug-likeness (QED) is 0.495. The summed E-state index contributed by atoms with van der Waals surface area (Å²) in [5.74, 6) is 0.960. The number of amides is 2. The van der Waals surface area contributed by atoms with Crippen LogP contribution in [0.3, 0.4) is 0 Å². The van der Waals surface area contributed by atoms with Gasteiger partial charge in [-0.05, 0) is 37.1 Å². The van der Waals surface area contributed by atoms with Crippen LogP contribution in [-0.4, -0.2) is 68.5 Å². The Bertz CT molecular complexity index is 1120. The van der Waals surface area contributed by atoms with E-state index in [1.54, 1.807) is 38.4 Å². The molecule has 35 heavy (non-hydrogen) atoms. The molecule has 0 saturated heterocycles. The molecule has 2 amide bonds. The number of ether oxygens (including phenoxy) is 3. The number of rotatable bonds is 10. The molecule has 0 unspecified atom stereocenters. The molecule has 0 N–H and O–H groups in total. The highest BCUT2D eigenvalue weighted by molar-refractivity contribution is 6.34. The van der Waals surface area contributed by atoms with Crippen LogP contribution in [-0.2, 0) is 14.3 Å². The molecule has 1 heterocycles. The maximum atomic E-state index is 13.6. The van der Waals surface area contributed by atoms with E-state index in [0.717, 1.165) is 24.0 Å². The zero-order valence-corrected chi connectivity index (χ0v) is 21.0. The third-order valence-corrected chi connectivity index (χ3v) is 6.61. The van der Waals surface area contributed by atoms with Gasteiger partial charge in [0.15, 0.2) is 0 Å². The lowest BCUT2D eigenvalue weighted by molar-refractivity contribution is -0.142. The average Bonchev–Trinajstić information content (AvgIpc) is 3.64. The predicted octanol–water partition coefficient (Wildman–Crippen LogP) is 3.92.